The maximum Gasteiger partial charge on any atom is 0.238 e. The first kappa shape index (κ1) is 17.3. The molecule has 0 fully saturated rings. The summed E-state index contributed by atoms with van der Waals surface area (Å²) in [4.78, 5) is 12.1. The molecule has 0 saturated heterocycles. The van der Waals surface area contributed by atoms with Gasteiger partial charge in [0.2, 0.25) is 5.91 Å². The molecule has 0 unspecified atom stereocenters. The van der Waals surface area contributed by atoms with Gasteiger partial charge in [-0.05, 0) is 31.0 Å². The lowest BCUT2D eigenvalue weighted by molar-refractivity contribution is -0.115. The number of ether oxygens (including phenoxy) is 1. The number of nitrogens with one attached hydrogen (secondary N) is 2. The molecule has 1 amide bonds. The summed E-state index contributed by atoms with van der Waals surface area (Å²) in [5.74, 6) is 0.421. The summed E-state index contributed by atoms with van der Waals surface area (Å²) in [5.41, 5.74) is 3.87. The van der Waals surface area contributed by atoms with E-state index in [1.807, 2.05) is 26.0 Å². The molecule has 0 heterocycles. The van der Waals surface area contributed by atoms with Crippen LogP contribution in [0, 0.1) is 13.8 Å². The fourth-order valence-corrected chi connectivity index (χ4v) is 2.30. The lowest BCUT2D eigenvalue weighted by Gasteiger charge is -2.12. The van der Waals surface area contributed by atoms with Crippen molar-refractivity contribution in [3.8, 4) is 5.75 Å². The molecule has 0 aliphatic heterocycles. The Morgan fingerprint density at radius 1 is 1.17 bits per heavy atom. The maximum atomic E-state index is 12.1. The van der Waals surface area contributed by atoms with E-state index in [1.54, 1.807) is 19.2 Å². The molecule has 2 aromatic carbocycles. The molecule has 0 radical (unpaired) electrons. The number of anilines is 1. The normalized spacial score (nSPS) is 10.4. The van der Waals surface area contributed by atoms with Gasteiger partial charge in [-0.1, -0.05) is 41.4 Å². The van der Waals surface area contributed by atoms with Gasteiger partial charge in [0, 0.05) is 17.6 Å². The summed E-state index contributed by atoms with van der Waals surface area (Å²) in [6, 6.07) is 11.7. The maximum absolute atomic E-state index is 12.1. The van der Waals surface area contributed by atoms with Gasteiger partial charge < -0.3 is 15.4 Å². The summed E-state index contributed by atoms with van der Waals surface area (Å²) in [6.45, 7) is 4.79. The first-order valence-corrected chi connectivity index (χ1v) is 7.77. The highest BCUT2D eigenvalue weighted by Gasteiger charge is 2.10. The predicted octanol–water partition coefficient (Wildman–Crippen LogP) is 3.69. The van der Waals surface area contributed by atoms with Crippen molar-refractivity contribution in [2.45, 2.75) is 20.4 Å². The van der Waals surface area contributed by atoms with Crippen LogP contribution in [0.5, 0.6) is 5.75 Å². The molecule has 122 valence electrons. The van der Waals surface area contributed by atoms with Crippen LogP contribution in [-0.4, -0.2) is 19.6 Å². The van der Waals surface area contributed by atoms with E-state index in [9.17, 15) is 4.79 Å². The molecule has 0 aromatic heterocycles. The first-order chi connectivity index (χ1) is 11.0. The number of carbonyl (C=O) groups is 1. The van der Waals surface area contributed by atoms with Gasteiger partial charge in [-0.2, -0.15) is 0 Å². The van der Waals surface area contributed by atoms with Gasteiger partial charge in [-0.3, -0.25) is 4.79 Å². The third kappa shape index (κ3) is 4.98. The van der Waals surface area contributed by atoms with Gasteiger partial charge in [0.15, 0.2) is 0 Å². The van der Waals surface area contributed by atoms with Gasteiger partial charge in [-0.15, -0.1) is 0 Å². The zero-order valence-electron chi connectivity index (χ0n) is 13.6. The molecule has 0 aliphatic carbocycles. The number of methoxy groups -OCH3 is 1. The Bertz CT molecular complexity index is 684. The van der Waals surface area contributed by atoms with Crippen LogP contribution in [0.25, 0.3) is 0 Å². The molecule has 2 rings (SSSR count). The first-order valence-electron chi connectivity index (χ1n) is 7.40. The fourth-order valence-electron chi connectivity index (χ4n) is 2.15. The minimum atomic E-state index is -0.128. The second-order valence-corrected chi connectivity index (χ2v) is 5.85. The van der Waals surface area contributed by atoms with Crippen molar-refractivity contribution in [3.05, 3.63) is 58.1 Å². The van der Waals surface area contributed by atoms with E-state index in [0.29, 0.717) is 23.0 Å². The summed E-state index contributed by atoms with van der Waals surface area (Å²) in [7, 11) is 1.55. The summed E-state index contributed by atoms with van der Waals surface area (Å²) < 4.78 is 5.25. The topological polar surface area (TPSA) is 50.4 Å². The summed E-state index contributed by atoms with van der Waals surface area (Å²) in [6.07, 6.45) is 0. The number of benzene rings is 2. The van der Waals surface area contributed by atoms with E-state index in [1.165, 1.54) is 5.56 Å². The number of amides is 1. The van der Waals surface area contributed by atoms with Crippen molar-refractivity contribution in [1.29, 1.82) is 0 Å². The van der Waals surface area contributed by atoms with Gasteiger partial charge in [-0.25, -0.2) is 0 Å². The van der Waals surface area contributed by atoms with Crippen molar-refractivity contribution in [3.63, 3.8) is 0 Å². The molecule has 2 N–H and O–H groups in total. The smallest absolute Gasteiger partial charge is 0.238 e. The van der Waals surface area contributed by atoms with E-state index in [-0.39, 0.29) is 12.5 Å². The Morgan fingerprint density at radius 2 is 1.87 bits per heavy atom. The molecule has 0 spiro atoms. The van der Waals surface area contributed by atoms with Gasteiger partial charge in [0.25, 0.3) is 0 Å². The Morgan fingerprint density at radius 3 is 2.52 bits per heavy atom. The molecule has 23 heavy (non-hydrogen) atoms. The van der Waals surface area contributed by atoms with Gasteiger partial charge >= 0.3 is 0 Å². The van der Waals surface area contributed by atoms with Crippen LogP contribution < -0.4 is 15.4 Å². The van der Waals surface area contributed by atoms with E-state index in [2.05, 4.69) is 22.8 Å². The number of carbonyl (C=O) groups excluding carboxylic acids is 1. The van der Waals surface area contributed by atoms with E-state index in [0.717, 1.165) is 11.1 Å². The van der Waals surface area contributed by atoms with Gasteiger partial charge in [0.1, 0.15) is 5.75 Å². The number of aryl methyl sites for hydroxylation is 2. The molecule has 0 atom stereocenters. The van der Waals surface area contributed by atoms with Crippen molar-refractivity contribution < 1.29 is 9.53 Å². The van der Waals surface area contributed by atoms with Crippen LogP contribution in [0.3, 0.4) is 0 Å². The van der Waals surface area contributed by atoms with Crippen LogP contribution >= 0.6 is 11.6 Å². The number of halogens is 1. The number of rotatable bonds is 6. The second-order valence-electron chi connectivity index (χ2n) is 5.44. The summed E-state index contributed by atoms with van der Waals surface area (Å²) >= 11 is 6.06. The average molecular weight is 333 g/mol. The van der Waals surface area contributed by atoms with E-state index in [4.69, 9.17) is 16.3 Å². The van der Waals surface area contributed by atoms with Crippen LogP contribution in [0.1, 0.15) is 16.7 Å². The Balaban J connectivity index is 1.89. The van der Waals surface area contributed by atoms with Crippen LogP contribution in [-0.2, 0) is 11.3 Å². The van der Waals surface area contributed by atoms with Crippen molar-refractivity contribution in [2.75, 3.05) is 19.0 Å². The molecule has 0 bridgehead atoms. The van der Waals surface area contributed by atoms with Crippen molar-refractivity contribution in [2.24, 2.45) is 0 Å². The minimum absolute atomic E-state index is 0.128. The quantitative estimate of drug-likeness (QED) is 0.848. The minimum Gasteiger partial charge on any atom is -0.495 e. The monoisotopic (exact) mass is 332 g/mol. The van der Waals surface area contributed by atoms with Crippen LogP contribution in [0.15, 0.2) is 36.4 Å². The number of hydrogen-bond donors (Lipinski definition) is 2. The van der Waals surface area contributed by atoms with E-state index < -0.39 is 0 Å². The highest BCUT2D eigenvalue weighted by atomic mass is 35.5. The third-order valence-electron chi connectivity index (χ3n) is 3.49. The lowest BCUT2D eigenvalue weighted by Crippen LogP contribution is -2.27. The largest absolute Gasteiger partial charge is 0.495 e. The third-order valence-corrected chi connectivity index (χ3v) is 3.90. The van der Waals surface area contributed by atoms with Crippen LogP contribution in [0.4, 0.5) is 5.69 Å². The number of hydrogen-bond acceptors (Lipinski definition) is 3. The highest BCUT2D eigenvalue weighted by Crippen LogP contribution is 2.30. The van der Waals surface area contributed by atoms with Crippen molar-refractivity contribution in [1.82, 2.24) is 5.32 Å². The Kier molecular flexibility index (Phi) is 6.02. The molecule has 0 saturated carbocycles. The standard InChI is InChI=1S/C18H21ClN2O2/c1-12-4-6-14(7-5-12)10-20-11-18(22)21-16-8-13(2)15(19)9-17(16)23-3/h4-9,20H,10-11H2,1-3H3,(H,21,22). The zero-order chi connectivity index (χ0) is 16.8. The molecule has 0 aliphatic rings. The summed E-state index contributed by atoms with van der Waals surface area (Å²) in [5, 5.41) is 6.57. The van der Waals surface area contributed by atoms with Crippen molar-refractivity contribution >= 4 is 23.2 Å². The fraction of sp³-hybridized carbons (Fsp3) is 0.278. The molecule has 2 aromatic rings. The lowest BCUT2D eigenvalue weighted by atomic mass is 10.1. The molecule has 5 heteroatoms. The second kappa shape index (κ2) is 7.99. The zero-order valence-corrected chi connectivity index (χ0v) is 14.3. The SMILES string of the molecule is COc1cc(Cl)c(C)cc1NC(=O)CNCc1ccc(C)cc1. The Hall–Kier alpha value is -2.04. The van der Waals surface area contributed by atoms with E-state index >= 15 is 0 Å². The van der Waals surface area contributed by atoms with Gasteiger partial charge in [0.05, 0.1) is 19.3 Å². The molecule has 4 nitrogen and oxygen atoms in total. The Labute approximate surface area is 141 Å². The molecular formula is C18H21ClN2O2. The highest BCUT2D eigenvalue weighted by molar-refractivity contribution is 6.31. The average Bonchev–Trinajstić information content (AvgIpc) is 2.52. The molecular weight excluding hydrogens is 312 g/mol. The predicted molar refractivity (Wildman–Crippen MR) is 94.3 cm³/mol. The van der Waals surface area contributed by atoms with Crippen LogP contribution in [0.2, 0.25) is 5.02 Å².